The number of ether oxygens (including phenoxy) is 1. The Bertz CT molecular complexity index is 794. The molecule has 4 heterocycles. The molecule has 0 radical (unpaired) electrons. The molecule has 0 unspecified atom stereocenters. The second kappa shape index (κ2) is 6.17. The van der Waals surface area contributed by atoms with Crippen molar-refractivity contribution >= 4 is 0 Å². The van der Waals surface area contributed by atoms with Crippen LogP contribution in [-0.4, -0.2) is 61.6 Å². The average molecular weight is 329 g/mol. The fourth-order valence-corrected chi connectivity index (χ4v) is 3.19. The average Bonchev–Trinajstić information content (AvgIpc) is 3.34. The molecule has 1 N–H and O–H groups in total. The summed E-state index contributed by atoms with van der Waals surface area (Å²) in [5.74, 6) is 1.03. The number of aryl methyl sites for hydroxylation is 1. The maximum absolute atomic E-state index is 5.61. The number of likely N-dealkylation sites (tertiary alicyclic amines) is 1. The van der Waals surface area contributed by atoms with Gasteiger partial charge in [0.15, 0.2) is 5.76 Å². The third kappa shape index (κ3) is 2.83. The lowest BCUT2D eigenvalue weighted by atomic mass is 10.0. The van der Waals surface area contributed by atoms with Crippen LogP contribution in [0.25, 0.3) is 11.3 Å². The van der Waals surface area contributed by atoms with Crippen molar-refractivity contribution in [3.8, 4) is 11.3 Å². The maximum atomic E-state index is 5.61. The van der Waals surface area contributed by atoms with Gasteiger partial charge in [0.05, 0.1) is 30.7 Å². The van der Waals surface area contributed by atoms with Gasteiger partial charge in [-0.1, -0.05) is 5.16 Å². The van der Waals surface area contributed by atoms with E-state index in [9.17, 15) is 0 Å². The molecule has 3 aromatic rings. The van der Waals surface area contributed by atoms with Crippen LogP contribution in [0.5, 0.6) is 0 Å². The van der Waals surface area contributed by atoms with Gasteiger partial charge in [0.1, 0.15) is 5.69 Å². The first-order valence-corrected chi connectivity index (χ1v) is 7.78. The zero-order valence-corrected chi connectivity index (χ0v) is 13.6. The van der Waals surface area contributed by atoms with Gasteiger partial charge in [-0.2, -0.15) is 20.5 Å². The lowest BCUT2D eigenvalue weighted by molar-refractivity contribution is 0.0948. The molecule has 2 atom stereocenters. The van der Waals surface area contributed by atoms with Gasteiger partial charge in [0.25, 0.3) is 0 Å². The van der Waals surface area contributed by atoms with E-state index >= 15 is 0 Å². The van der Waals surface area contributed by atoms with Gasteiger partial charge < -0.3 is 9.26 Å². The minimum absolute atomic E-state index is 0.0933. The Morgan fingerprint density at radius 1 is 1.38 bits per heavy atom. The minimum atomic E-state index is 0.0933. The summed E-state index contributed by atoms with van der Waals surface area (Å²) in [6.07, 6.45) is 5.54. The van der Waals surface area contributed by atoms with Crippen LogP contribution in [0, 0.1) is 0 Å². The van der Waals surface area contributed by atoms with Crippen LogP contribution >= 0.6 is 0 Å². The van der Waals surface area contributed by atoms with E-state index in [2.05, 4.69) is 30.6 Å². The standard InChI is InChI=1S/C15H19N7O2/c1-21-6-10(4-17-21)13-3-11(24-19-13)7-22-8-12(15(9-22)23-2)14-5-16-20-18-14/h3-6,12,15H,7-9H2,1-2H3,(H,16,18,20)/t12-,15+/m0/s1. The van der Waals surface area contributed by atoms with E-state index in [0.29, 0.717) is 6.54 Å². The third-order valence-corrected chi connectivity index (χ3v) is 4.40. The highest BCUT2D eigenvalue weighted by Gasteiger charge is 2.35. The summed E-state index contributed by atoms with van der Waals surface area (Å²) < 4.78 is 12.8. The molecule has 9 nitrogen and oxygen atoms in total. The maximum Gasteiger partial charge on any atom is 0.151 e. The van der Waals surface area contributed by atoms with Gasteiger partial charge >= 0.3 is 0 Å². The summed E-state index contributed by atoms with van der Waals surface area (Å²) in [5.41, 5.74) is 2.68. The van der Waals surface area contributed by atoms with Crippen LogP contribution in [0.15, 0.2) is 29.2 Å². The van der Waals surface area contributed by atoms with Crippen LogP contribution in [0.1, 0.15) is 17.4 Å². The molecule has 9 heteroatoms. The van der Waals surface area contributed by atoms with E-state index in [-0.39, 0.29) is 12.0 Å². The molecule has 24 heavy (non-hydrogen) atoms. The summed E-state index contributed by atoms with van der Waals surface area (Å²) in [7, 11) is 3.61. The number of methoxy groups -OCH3 is 1. The van der Waals surface area contributed by atoms with E-state index in [1.54, 1.807) is 24.2 Å². The van der Waals surface area contributed by atoms with Crippen molar-refractivity contribution in [1.29, 1.82) is 0 Å². The van der Waals surface area contributed by atoms with E-state index in [4.69, 9.17) is 9.26 Å². The van der Waals surface area contributed by atoms with Gasteiger partial charge in [-0.05, 0) is 0 Å². The first-order chi connectivity index (χ1) is 11.7. The van der Waals surface area contributed by atoms with E-state index in [1.165, 1.54) is 0 Å². The fraction of sp³-hybridized carbons (Fsp3) is 0.467. The van der Waals surface area contributed by atoms with E-state index < -0.39 is 0 Å². The number of rotatable bonds is 5. The van der Waals surface area contributed by atoms with Gasteiger partial charge in [-0.25, -0.2) is 0 Å². The van der Waals surface area contributed by atoms with Crippen LogP contribution < -0.4 is 0 Å². The Labute approximate surface area is 138 Å². The summed E-state index contributed by atoms with van der Waals surface area (Å²) >= 11 is 0. The van der Waals surface area contributed by atoms with Gasteiger partial charge in [-0.15, -0.1) is 0 Å². The number of hydrogen-bond donors (Lipinski definition) is 1. The fourth-order valence-electron chi connectivity index (χ4n) is 3.19. The molecule has 0 bridgehead atoms. The number of H-pyrrole nitrogens is 1. The molecule has 0 amide bonds. The first-order valence-electron chi connectivity index (χ1n) is 7.78. The third-order valence-electron chi connectivity index (χ3n) is 4.40. The highest BCUT2D eigenvalue weighted by Crippen LogP contribution is 2.29. The molecule has 1 aliphatic heterocycles. The molecule has 0 aliphatic carbocycles. The summed E-state index contributed by atoms with van der Waals surface area (Å²) in [4.78, 5) is 2.28. The SMILES string of the molecule is CO[C@@H]1CN(Cc2cc(-c3cnn(C)c3)no2)C[C@H]1c1cn[nH]n1. The smallest absolute Gasteiger partial charge is 0.151 e. The van der Waals surface area contributed by atoms with Crippen LogP contribution in [0.4, 0.5) is 0 Å². The van der Waals surface area contributed by atoms with Gasteiger partial charge in [0.2, 0.25) is 0 Å². The molecule has 0 spiro atoms. The highest BCUT2D eigenvalue weighted by molar-refractivity contribution is 5.56. The number of aromatic nitrogens is 6. The second-order valence-electron chi connectivity index (χ2n) is 6.05. The summed E-state index contributed by atoms with van der Waals surface area (Å²) in [5, 5.41) is 19.1. The molecule has 1 saturated heterocycles. The minimum Gasteiger partial charge on any atom is -0.379 e. The van der Waals surface area contributed by atoms with Crippen molar-refractivity contribution < 1.29 is 9.26 Å². The van der Waals surface area contributed by atoms with Crippen molar-refractivity contribution in [3.05, 3.63) is 36.1 Å². The van der Waals surface area contributed by atoms with Crippen LogP contribution in [0.2, 0.25) is 0 Å². The Hall–Kier alpha value is -2.52. The van der Waals surface area contributed by atoms with Crippen molar-refractivity contribution in [2.24, 2.45) is 7.05 Å². The second-order valence-corrected chi connectivity index (χ2v) is 6.05. The zero-order valence-electron chi connectivity index (χ0n) is 13.6. The van der Waals surface area contributed by atoms with E-state index in [0.717, 1.165) is 35.8 Å². The predicted octanol–water partition coefficient (Wildman–Crippen LogP) is 0.808. The molecule has 4 rings (SSSR count). The monoisotopic (exact) mass is 329 g/mol. The largest absolute Gasteiger partial charge is 0.379 e. The summed E-state index contributed by atoms with van der Waals surface area (Å²) in [6.45, 7) is 2.34. The molecular weight excluding hydrogens is 310 g/mol. The molecular formula is C15H19N7O2. The van der Waals surface area contributed by atoms with Crippen molar-refractivity contribution in [1.82, 2.24) is 35.2 Å². The number of aromatic amines is 1. The highest BCUT2D eigenvalue weighted by atomic mass is 16.5. The lowest BCUT2D eigenvalue weighted by Crippen LogP contribution is -2.22. The number of nitrogens with one attached hydrogen (secondary N) is 1. The Morgan fingerprint density at radius 3 is 3.00 bits per heavy atom. The first kappa shape index (κ1) is 15.0. The Kier molecular flexibility index (Phi) is 3.87. The molecule has 0 saturated carbocycles. The quantitative estimate of drug-likeness (QED) is 0.739. The predicted molar refractivity (Wildman–Crippen MR) is 83.9 cm³/mol. The molecule has 0 aromatic carbocycles. The van der Waals surface area contributed by atoms with Crippen LogP contribution in [0.3, 0.4) is 0 Å². The Morgan fingerprint density at radius 2 is 2.29 bits per heavy atom. The normalized spacial score (nSPS) is 21.6. The van der Waals surface area contributed by atoms with Crippen molar-refractivity contribution in [2.75, 3.05) is 20.2 Å². The molecule has 3 aromatic heterocycles. The molecule has 126 valence electrons. The van der Waals surface area contributed by atoms with Crippen LogP contribution in [-0.2, 0) is 18.3 Å². The Balaban J connectivity index is 1.45. The molecule has 1 aliphatic rings. The van der Waals surface area contributed by atoms with Gasteiger partial charge in [0, 0.05) is 51.0 Å². The van der Waals surface area contributed by atoms with Crippen molar-refractivity contribution in [3.63, 3.8) is 0 Å². The zero-order chi connectivity index (χ0) is 16.5. The summed E-state index contributed by atoms with van der Waals surface area (Å²) in [6, 6.07) is 1.96. The number of hydrogen-bond acceptors (Lipinski definition) is 7. The van der Waals surface area contributed by atoms with Crippen molar-refractivity contribution in [2.45, 2.75) is 18.6 Å². The topological polar surface area (TPSA) is 97.9 Å². The molecule has 1 fully saturated rings. The number of nitrogens with zero attached hydrogens (tertiary/aromatic N) is 6. The van der Waals surface area contributed by atoms with Gasteiger partial charge in [-0.3, -0.25) is 9.58 Å². The lowest BCUT2D eigenvalue weighted by Gasteiger charge is -2.13. The van der Waals surface area contributed by atoms with E-state index in [1.807, 2.05) is 19.3 Å².